The molecule has 2 atom stereocenters. The van der Waals surface area contributed by atoms with E-state index >= 15 is 0 Å². The predicted octanol–water partition coefficient (Wildman–Crippen LogP) is 4.46. The fraction of sp³-hybridized carbons (Fsp3) is 0.393. The number of alkyl carbamates (subject to hydrolysis) is 1. The number of terminal acetylenes is 1. The minimum Gasteiger partial charge on any atom is -0.497 e. The average Bonchev–Trinajstić information content (AvgIpc) is 2.85. The average molecular weight is 526 g/mol. The number of amides is 3. The molecule has 0 radical (unpaired) electrons. The van der Waals surface area contributed by atoms with E-state index in [4.69, 9.17) is 15.9 Å². The van der Waals surface area contributed by atoms with E-state index in [1.165, 1.54) is 11.9 Å². The Morgan fingerprint density at radius 1 is 1.11 bits per heavy atom. The van der Waals surface area contributed by atoms with Gasteiger partial charge in [0.1, 0.15) is 23.4 Å². The van der Waals surface area contributed by atoms with Crippen LogP contribution in [-0.2, 0) is 14.3 Å². The van der Waals surface area contributed by atoms with Crippen molar-refractivity contribution in [1.29, 1.82) is 0 Å². The van der Waals surface area contributed by atoms with Crippen LogP contribution in [0.15, 0.2) is 48.5 Å². The van der Waals surface area contributed by atoms with Gasteiger partial charge in [-0.25, -0.2) is 4.79 Å². The van der Waals surface area contributed by atoms with Crippen molar-refractivity contribution < 1.29 is 23.9 Å². The van der Waals surface area contributed by atoms with E-state index in [1.807, 2.05) is 6.26 Å². The summed E-state index contributed by atoms with van der Waals surface area (Å²) in [5.74, 6) is 2.96. The molecular formula is C28H35N3O5S. The van der Waals surface area contributed by atoms with Gasteiger partial charge in [0, 0.05) is 18.3 Å². The van der Waals surface area contributed by atoms with Crippen molar-refractivity contribution in [2.24, 2.45) is 0 Å². The van der Waals surface area contributed by atoms with Gasteiger partial charge in [0.15, 0.2) is 0 Å². The highest BCUT2D eigenvalue weighted by Crippen LogP contribution is 2.27. The number of anilines is 1. The van der Waals surface area contributed by atoms with Gasteiger partial charge >= 0.3 is 6.09 Å². The fourth-order valence-electron chi connectivity index (χ4n) is 3.59. The third kappa shape index (κ3) is 8.76. The van der Waals surface area contributed by atoms with Crippen LogP contribution >= 0.6 is 11.8 Å². The van der Waals surface area contributed by atoms with E-state index in [2.05, 4.69) is 16.6 Å². The molecule has 0 heterocycles. The Bertz CT molecular complexity index is 1120. The molecule has 2 unspecified atom stereocenters. The molecule has 2 rings (SSSR count). The van der Waals surface area contributed by atoms with Crippen LogP contribution in [0.4, 0.5) is 10.5 Å². The zero-order valence-electron chi connectivity index (χ0n) is 22.2. The Balaban J connectivity index is 2.41. The van der Waals surface area contributed by atoms with Crippen molar-refractivity contribution in [3.05, 3.63) is 59.7 Å². The molecule has 0 aliphatic carbocycles. The summed E-state index contributed by atoms with van der Waals surface area (Å²) < 4.78 is 10.5. The smallest absolute Gasteiger partial charge is 0.408 e. The maximum atomic E-state index is 13.7. The first-order chi connectivity index (χ1) is 17.5. The number of ether oxygens (including phenoxy) is 2. The van der Waals surface area contributed by atoms with Crippen molar-refractivity contribution in [3.63, 3.8) is 0 Å². The third-order valence-electron chi connectivity index (χ3n) is 5.35. The molecule has 0 spiro atoms. The summed E-state index contributed by atoms with van der Waals surface area (Å²) in [6.45, 7) is 5.23. The highest BCUT2D eigenvalue weighted by atomic mass is 32.2. The molecular weight excluding hydrogens is 490 g/mol. The molecule has 2 N–H and O–H groups in total. The first kappa shape index (κ1) is 29.6. The molecule has 37 heavy (non-hydrogen) atoms. The Hall–Kier alpha value is -3.64. The quantitative estimate of drug-likeness (QED) is 0.445. The van der Waals surface area contributed by atoms with E-state index in [0.29, 0.717) is 34.7 Å². The molecule has 0 saturated heterocycles. The normalized spacial score (nSPS) is 12.5. The highest BCUT2D eigenvalue weighted by Gasteiger charge is 2.35. The van der Waals surface area contributed by atoms with Crippen LogP contribution in [0.25, 0.3) is 0 Å². The van der Waals surface area contributed by atoms with Gasteiger partial charge in [-0.15, -0.1) is 6.42 Å². The van der Waals surface area contributed by atoms with Crippen LogP contribution in [0.5, 0.6) is 5.75 Å². The number of carbonyl (C=O) groups is 3. The summed E-state index contributed by atoms with van der Waals surface area (Å²) in [4.78, 5) is 41.1. The van der Waals surface area contributed by atoms with E-state index in [1.54, 1.807) is 88.2 Å². The van der Waals surface area contributed by atoms with Crippen LogP contribution in [0.3, 0.4) is 0 Å². The monoisotopic (exact) mass is 525 g/mol. The van der Waals surface area contributed by atoms with Gasteiger partial charge in [0.2, 0.25) is 5.91 Å². The molecule has 0 saturated carbocycles. The summed E-state index contributed by atoms with van der Waals surface area (Å²) in [5.41, 5.74) is 0.779. The lowest BCUT2D eigenvalue weighted by atomic mass is 9.97. The zero-order valence-corrected chi connectivity index (χ0v) is 23.0. The second kappa shape index (κ2) is 13.6. The number of likely N-dealkylation sites (N-methyl/N-ethyl adjacent to an activating group) is 1. The lowest BCUT2D eigenvalue weighted by Gasteiger charge is -2.32. The van der Waals surface area contributed by atoms with Crippen molar-refractivity contribution in [2.45, 2.75) is 44.9 Å². The molecule has 8 nitrogen and oxygen atoms in total. The highest BCUT2D eigenvalue weighted by molar-refractivity contribution is 7.98. The second-order valence-electron chi connectivity index (χ2n) is 9.28. The minimum absolute atomic E-state index is 0.354. The van der Waals surface area contributed by atoms with Gasteiger partial charge in [-0.1, -0.05) is 24.1 Å². The lowest BCUT2D eigenvalue weighted by Crippen LogP contribution is -2.51. The van der Waals surface area contributed by atoms with Crippen molar-refractivity contribution >= 4 is 35.4 Å². The maximum Gasteiger partial charge on any atom is 0.408 e. The first-order valence-electron chi connectivity index (χ1n) is 11.8. The lowest BCUT2D eigenvalue weighted by molar-refractivity contribution is -0.139. The number of benzene rings is 2. The third-order valence-corrected chi connectivity index (χ3v) is 6.00. The van der Waals surface area contributed by atoms with Gasteiger partial charge in [-0.2, -0.15) is 11.8 Å². The Morgan fingerprint density at radius 2 is 1.76 bits per heavy atom. The number of hydrogen-bond acceptors (Lipinski definition) is 6. The summed E-state index contributed by atoms with van der Waals surface area (Å²) in [7, 11) is 3.08. The Morgan fingerprint density at radius 3 is 2.32 bits per heavy atom. The van der Waals surface area contributed by atoms with Crippen LogP contribution in [0.2, 0.25) is 0 Å². The second-order valence-corrected chi connectivity index (χ2v) is 10.3. The topological polar surface area (TPSA) is 97.0 Å². The summed E-state index contributed by atoms with van der Waals surface area (Å²) >= 11 is 1.54. The molecule has 0 fully saturated rings. The van der Waals surface area contributed by atoms with Gasteiger partial charge in [0.25, 0.3) is 5.91 Å². The molecule has 0 aliphatic heterocycles. The molecule has 198 valence electrons. The number of hydrogen-bond donors (Lipinski definition) is 2. The maximum absolute atomic E-state index is 13.7. The summed E-state index contributed by atoms with van der Waals surface area (Å²) in [6.07, 6.45) is 7.28. The van der Waals surface area contributed by atoms with Crippen LogP contribution in [0, 0.1) is 12.3 Å². The van der Waals surface area contributed by atoms with Gasteiger partial charge in [0.05, 0.1) is 7.11 Å². The van der Waals surface area contributed by atoms with Gasteiger partial charge < -0.3 is 25.0 Å². The minimum atomic E-state index is -1.06. The summed E-state index contributed by atoms with van der Waals surface area (Å²) in [5, 5.41) is 5.53. The predicted molar refractivity (Wildman–Crippen MR) is 148 cm³/mol. The van der Waals surface area contributed by atoms with Crippen molar-refractivity contribution in [3.8, 4) is 18.1 Å². The largest absolute Gasteiger partial charge is 0.497 e. The van der Waals surface area contributed by atoms with E-state index in [9.17, 15) is 14.4 Å². The Labute approximate surface area is 223 Å². The number of methoxy groups -OCH3 is 1. The van der Waals surface area contributed by atoms with E-state index < -0.39 is 35.6 Å². The molecule has 2 aromatic rings. The van der Waals surface area contributed by atoms with Crippen LogP contribution < -0.4 is 15.4 Å². The van der Waals surface area contributed by atoms with Crippen LogP contribution in [0.1, 0.15) is 44.4 Å². The number of thioether (sulfide) groups is 1. The summed E-state index contributed by atoms with van der Waals surface area (Å²) in [6, 6.07) is 11.8. The molecule has 3 amide bonds. The Kier molecular flexibility index (Phi) is 10.9. The van der Waals surface area contributed by atoms with Gasteiger partial charge in [-0.05, 0) is 75.1 Å². The van der Waals surface area contributed by atoms with Gasteiger partial charge in [-0.3, -0.25) is 9.59 Å². The zero-order chi connectivity index (χ0) is 27.6. The van der Waals surface area contributed by atoms with E-state index in [-0.39, 0.29) is 0 Å². The number of nitrogens with zero attached hydrogens (tertiary/aromatic N) is 1. The SMILES string of the molecule is C#Cc1ccccc1C(C(=O)Nc1ccc(OC)cc1)N(C)C(=O)C(CCSC)NC(=O)OC(C)(C)C. The van der Waals surface area contributed by atoms with Crippen molar-refractivity contribution in [2.75, 3.05) is 31.5 Å². The first-order valence-corrected chi connectivity index (χ1v) is 13.2. The molecule has 0 bridgehead atoms. The number of carbonyl (C=O) groups excluding carboxylic acids is 3. The number of rotatable bonds is 10. The number of nitrogens with one attached hydrogen (secondary N) is 2. The molecule has 0 aliphatic rings. The molecule has 2 aromatic carbocycles. The fourth-order valence-corrected chi connectivity index (χ4v) is 4.06. The van der Waals surface area contributed by atoms with Crippen LogP contribution in [-0.4, -0.2) is 60.6 Å². The molecule has 9 heteroatoms. The van der Waals surface area contributed by atoms with Crippen molar-refractivity contribution in [1.82, 2.24) is 10.2 Å². The van der Waals surface area contributed by atoms with E-state index in [0.717, 1.165) is 0 Å². The standard InChI is InChI=1S/C28H35N3O5S/c1-8-19-11-9-10-12-22(19)24(25(32)29-20-13-15-21(35-6)16-14-20)31(5)26(33)23(17-18-37-7)30-27(34)36-28(2,3)4/h1,9-16,23-24H,17-18H2,2-7H3,(H,29,32)(H,30,34). The molecule has 0 aromatic heterocycles.